The van der Waals surface area contributed by atoms with Crippen molar-refractivity contribution in [1.82, 2.24) is 9.55 Å². The molecular formula is C18H21N3. The maximum Gasteiger partial charge on any atom is 0.0702 e. The first-order valence-electron chi connectivity index (χ1n) is 7.51. The molecule has 0 aliphatic rings. The normalized spacial score (nSPS) is 12.7. The summed E-state index contributed by atoms with van der Waals surface area (Å²) in [6.07, 6.45) is 8.25. The third-order valence-electron chi connectivity index (χ3n) is 3.83. The highest BCUT2D eigenvalue weighted by molar-refractivity contribution is 5.78. The van der Waals surface area contributed by atoms with Gasteiger partial charge in [-0.25, -0.2) is 0 Å². The molecule has 3 nitrogen and oxygen atoms in total. The van der Waals surface area contributed by atoms with Crippen LogP contribution >= 0.6 is 0 Å². The zero-order chi connectivity index (χ0) is 14.7. The lowest BCUT2D eigenvalue weighted by Crippen LogP contribution is -2.08. The van der Waals surface area contributed by atoms with E-state index in [1.165, 1.54) is 16.5 Å². The minimum Gasteiger partial charge on any atom is -0.350 e. The van der Waals surface area contributed by atoms with Gasteiger partial charge in [-0.05, 0) is 41.8 Å². The molecule has 0 bridgehead atoms. The Morgan fingerprint density at radius 2 is 2.14 bits per heavy atom. The molecule has 2 aromatic heterocycles. The van der Waals surface area contributed by atoms with Gasteiger partial charge in [0.15, 0.2) is 0 Å². The Bertz CT molecular complexity index is 730. The molecule has 0 amide bonds. The van der Waals surface area contributed by atoms with Crippen molar-refractivity contribution in [3.63, 3.8) is 0 Å². The van der Waals surface area contributed by atoms with E-state index in [0.717, 1.165) is 24.9 Å². The Hall–Kier alpha value is -2.13. The van der Waals surface area contributed by atoms with Gasteiger partial charge in [0.25, 0.3) is 0 Å². The molecule has 0 spiro atoms. The quantitative estimate of drug-likeness (QED) is 0.770. The molecule has 0 saturated heterocycles. The molecule has 3 rings (SSSR count). The number of benzene rings is 1. The van der Waals surface area contributed by atoms with E-state index in [0.29, 0.717) is 0 Å². The number of rotatable bonds is 5. The molecular weight excluding hydrogens is 258 g/mol. The minimum absolute atomic E-state index is 0.150. The SMILES string of the molecule is CCCC(N)c1ccn(Cc2ccc3ncccc3c2)c1. The number of hydrogen-bond acceptors (Lipinski definition) is 2. The van der Waals surface area contributed by atoms with Crippen LogP contribution in [0.25, 0.3) is 10.9 Å². The highest BCUT2D eigenvalue weighted by Crippen LogP contribution is 2.18. The van der Waals surface area contributed by atoms with Gasteiger partial charge < -0.3 is 10.3 Å². The van der Waals surface area contributed by atoms with Gasteiger partial charge in [-0.1, -0.05) is 25.5 Å². The monoisotopic (exact) mass is 279 g/mol. The molecule has 0 radical (unpaired) electrons. The van der Waals surface area contributed by atoms with Gasteiger partial charge in [0.05, 0.1) is 5.52 Å². The lowest BCUT2D eigenvalue weighted by atomic mass is 10.1. The van der Waals surface area contributed by atoms with Crippen molar-refractivity contribution >= 4 is 10.9 Å². The summed E-state index contributed by atoms with van der Waals surface area (Å²) in [6, 6.07) is 12.8. The van der Waals surface area contributed by atoms with Gasteiger partial charge in [0.2, 0.25) is 0 Å². The summed E-state index contributed by atoms with van der Waals surface area (Å²) in [4.78, 5) is 4.35. The number of nitrogens with two attached hydrogens (primary N) is 1. The average molecular weight is 279 g/mol. The van der Waals surface area contributed by atoms with E-state index in [-0.39, 0.29) is 6.04 Å². The summed E-state index contributed by atoms with van der Waals surface area (Å²) >= 11 is 0. The van der Waals surface area contributed by atoms with Gasteiger partial charge in [-0.2, -0.15) is 0 Å². The van der Waals surface area contributed by atoms with Crippen LogP contribution in [-0.4, -0.2) is 9.55 Å². The van der Waals surface area contributed by atoms with E-state index in [1.807, 2.05) is 12.3 Å². The van der Waals surface area contributed by atoms with Crippen molar-refractivity contribution in [3.05, 3.63) is 66.1 Å². The van der Waals surface area contributed by atoms with E-state index in [9.17, 15) is 0 Å². The van der Waals surface area contributed by atoms with Gasteiger partial charge in [-0.15, -0.1) is 0 Å². The summed E-state index contributed by atoms with van der Waals surface area (Å²) in [5.74, 6) is 0. The van der Waals surface area contributed by atoms with Crippen LogP contribution in [0.4, 0.5) is 0 Å². The third-order valence-corrected chi connectivity index (χ3v) is 3.83. The van der Waals surface area contributed by atoms with Crippen molar-refractivity contribution < 1.29 is 0 Å². The highest BCUT2D eigenvalue weighted by atomic mass is 14.9. The molecule has 1 atom stereocenters. The first kappa shape index (κ1) is 13.8. The fraction of sp³-hybridized carbons (Fsp3) is 0.278. The highest BCUT2D eigenvalue weighted by Gasteiger charge is 2.06. The molecule has 0 fully saturated rings. The summed E-state index contributed by atoms with van der Waals surface area (Å²) in [7, 11) is 0. The summed E-state index contributed by atoms with van der Waals surface area (Å²) in [6.45, 7) is 3.03. The topological polar surface area (TPSA) is 43.8 Å². The maximum atomic E-state index is 6.17. The second kappa shape index (κ2) is 6.10. The molecule has 1 aromatic carbocycles. The van der Waals surface area contributed by atoms with Crippen LogP contribution in [0.15, 0.2) is 55.0 Å². The maximum absolute atomic E-state index is 6.17. The lowest BCUT2D eigenvalue weighted by molar-refractivity contribution is 0.636. The van der Waals surface area contributed by atoms with E-state index in [1.54, 1.807) is 0 Å². The smallest absolute Gasteiger partial charge is 0.0702 e. The Labute approximate surface area is 125 Å². The summed E-state index contributed by atoms with van der Waals surface area (Å²) < 4.78 is 2.20. The van der Waals surface area contributed by atoms with Gasteiger partial charge in [0.1, 0.15) is 0 Å². The zero-order valence-electron chi connectivity index (χ0n) is 12.4. The molecule has 1 unspecified atom stereocenters. The van der Waals surface area contributed by atoms with E-state index in [4.69, 9.17) is 5.73 Å². The van der Waals surface area contributed by atoms with Gasteiger partial charge in [-0.3, -0.25) is 4.98 Å². The van der Waals surface area contributed by atoms with Crippen LogP contribution in [-0.2, 0) is 6.54 Å². The second-order valence-electron chi connectivity index (χ2n) is 5.54. The molecule has 0 aliphatic carbocycles. The first-order valence-corrected chi connectivity index (χ1v) is 7.51. The number of nitrogens with zero attached hydrogens (tertiary/aromatic N) is 2. The zero-order valence-corrected chi connectivity index (χ0v) is 12.4. The largest absolute Gasteiger partial charge is 0.350 e. The van der Waals surface area contributed by atoms with Crippen molar-refractivity contribution in [2.75, 3.05) is 0 Å². The molecule has 21 heavy (non-hydrogen) atoms. The average Bonchev–Trinajstić information content (AvgIpc) is 2.96. The van der Waals surface area contributed by atoms with Crippen molar-refractivity contribution in [2.45, 2.75) is 32.4 Å². The molecule has 3 heteroatoms. The second-order valence-corrected chi connectivity index (χ2v) is 5.54. The standard InChI is InChI=1S/C18H21N3/c1-2-4-17(19)16-8-10-21(13-16)12-14-6-7-18-15(11-14)5-3-9-20-18/h3,5-11,13,17H,2,4,12,19H2,1H3. The van der Waals surface area contributed by atoms with Crippen LogP contribution in [0.2, 0.25) is 0 Å². The van der Waals surface area contributed by atoms with Crippen LogP contribution < -0.4 is 5.73 Å². The van der Waals surface area contributed by atoms with E-state index >= 15 is 0 Å². The van der Waals surface area contributed by atoms with Crippen molar-refractivity contribution in [2.24, 2.45) is 5.73 Å². The molecule has 108 valence electrons. The number of hydrogen-bond donors (Lipinski definition) is 1. The third kappa shape index (κ3) is 3.14. The minimum atomic E-state index is 0.150. The molecule has 3 aromatic rings. The summed E-state index contributed by atoms with van der Waals surface area (Å²) in [5, 5.41) is 1.19. The molecule has 0 saturated carbocycles. The van der Waals surface area contributed by atoms with E-state index in [2.05, 4.69) is 59.2 Å². The predicted octanol–water partition coefficient (Wildman–Crippen LogP) is 3.88. The molecule has 0 aliphatic heterocycles. The van der Waals surface area contributed by atoms with Crippen LogP contribution in [0.3, 0.4) is 0 Å². The van der Waals surface area contributed by atoms with Crippen molar-refractivity contribution in [3.8, 4) is 0 Å². The first-order chi connectivity index (χ1) is 10.3. The van der Waals surface area contributed by atoms with Gasteiger partial charge in [0, 0.05) is 36.6 Å². The fourth-order valence-electron chi connectivity index (χ4n) is 2.69. The van der Waals surface area contributed by atoms with E-state index < -0.39 is 0 Å². The molecule has 2 N–H and O–H groups in total. The Morgan fingerprint density at radius 3 is 3.00 bits per heavy atom. The van der Waals surface area contributed by atoms with Crippen LogP contribution in [0, 0.1) is 0 Å². The van der Waals surface area contributed by atoms with Crippen molar-refractivity contribution in [1.29, 1.82) is 0 Å². The number of fused-ring (bicyclic) bond motifs is 1. The fourth-order valence-corrected chi connectivity index (χ4v) is 2.69. The Kier molecular flexibility index (Phi) is 4.02. The lowest BCUT2D eigenvalue weighted by Gasteiger charge is -2.08. The molecule has 2 heterocycles. The van der Waals surface area contributed by atoms with Crippen LogP contribution in [0.5, 0.6) is 0 Å². The van der Waals surface area contributed by atoms with Gasteiger partial charge >= 0.3 is 0 Å². The Morgan fingerprint density at radius 1 is 1.24 bits per heavy atom. The predicted molar refractivity (Wildman–Crippen MR) is 87.1 cm³/mol. The number of aromatic nitrogens is 2. The Balaban J connectivity index is 1.78. The summed E-state index contributed by atoms with van der Waals surface area (Å²) in [5.41, 5.74) is 9.71. The van der Waals surface area contributed by atoms with Crippen LogP contribution in [0.1, 0.15) is 36.9 Å². The number of pyridine rings is 1.